The summed E-state index contributed by atoms with van der Waals surface area (Å²) in [6, 6.07) is 17.7. The van der Waals surface area contributed by atoms with Crippen LogP contribution in [-0.4, -0.2) is 39.9 Å². The maximum Gasteiger partial charge on any atom is 0.343 e. The van der Waals surface area contributed by atoms with E-state index in [4.69, 9.17) is 4.74 Å². The molecule has 1 heterocycles. The molecule has 1 aliphatic rings. The van der Waals surface area contributed by atoms with Gasteiger partial charge in [0.05, 0.1) is 13.0 Å². The summed E-state index contributed by atoms with van der Waals surface area (Å²) in [6.45, 7) is 3.49. The predicted octanol–water partition coefficient (Wildman–Crippen LogP) is 2.87. The number of esters is 1. The number of aliphatic hydroxyl groups is 1. The molecule has 2 aromatic rings. The average molecular weight is 393 g/mol. The number of ketones is 2. The van der Waals surface area contributed by atoms with Crippen LogP contribution in [0.1, 0.15) is 36.2 Å². The molecule has 1 N–H and O–H groups in total. The van der Waals surface area contributed by atoms with E-state index in [1.54, 1.807) is 44.2 Å². The van der Waals surface area contributed by atoms with Gasteiger partial charge in [0.2, 0.25) is 11.5 Å². The first-order valence-electron chi connectivity index (χ1n) is 9.43. The Morgan fingerprint density at radius 2 is 1.62 bits per heavy atom. The summed E-state index contributed by atoms with van der Waals surface area (Å²) in [5.74, 6) is -2.00. The van der Waals surface area contributed by atoms with Gasteiger partial charge in [0.15, 0.2) is 5.78 Å². The second-order valence-electron chi connectivity index (χ2n) is 6.86. The zero-order chi connectivity index (χ0) is 21.0. The number of nitrogens with zero attached hydrogens (tertiary/aromatic N) is 1. The summed E-state index contributed by atoms with van der Waals surface area (Å²) in [5, 5.41) is 11.4. The summed E-state index contributed by atoms with van der Waals surface area (Å²) in [7, 11) is 0. The van der Waals surface area contributed by atoms with Crippen molar-refractivity contribution in [3.63, 3.8) is 0 Å². The van der Waals surface area contributed by atoms with E-state index >= 15 is 0 Å². The lowest BCUT2D eigenvalue weighted by Gasteiger charge is -2.35. The highest BCUT2D eigenvalue weighted by molar-refractivity contribution is 6.23. The summed E-state index contributed by atoms with van der Waals surface area (Å²) in [6.07, 6.45) is -0.469. The van der Waals surface area contributed by atoms with Crippen molar-refractivity contribution >= 4 is 17.5 Å². The van der Waals surface area contributed by atoms with E-state index in [1.807, 2.05) is 30.3 Å². The number of hydrogen-bond donors (Lipinski definition) is 1. The van der Waals surface area contributed by atoms with Gasteiger partial charge >= 0.3 is 5.97 Å². The fourth-order valence-corrected chi connectivity index (χ4v) is 3.48. The lowest BCUT2D eigenvalue weighted by atomic mass is 9.95. The zero-order valence-corrected chi connectivity index (χ0v) is 16.4. The fraction of sp³-hybridized carbons (Fsp3) is 0.261. The molecule has 0 saturated heterocycles. The zero-order valence-electron chi connectivity index (χ0n) is 16.4. The molecule has 0 aromatic heterocycles. The first-order chi connectivity index (χ1) is 13.9. The van der Waals surface area contributed by atoms with Crippen molar-refractivity contribution in [3.05, 3.63) is 83.1 Å². The molecular weight excluding hydrogens is 370 g/mol. The maximum absolute atomic E-state index is 13.1. The van der Waals surface area contributed by atoms with Crippen molar-refractivity contribution in [3.8, 4) is 0 Å². The van der Waals surface area contributed by atoms with Gasteiger partial charge in [-0.25, -0.2) is 4.79 Å². The van der Waals surface area contributed by atoms with Crippen molar-refractivity contribution in [2.45, 2.75) is 32.5 Å². The Balaban J connectivity index is 1.99. The first-order valence-corrected chi connectivity index (χ1v) is 9.43. The maximum atomic E-state index is 13.1. The molecule has 150 valence electrons. The minimum absolute atomic E-state index is 0.100. The van der Waals surface area contributed by atoms with Crippen molar-refractivity contribution in [2.75, 3.05) is 6.61 Å². The van der Waals surface area contributed by atoms with Crippen LogP contribution in [0.25, 0.3) is 0 Å². The molecule has 6 heteroatoms. The van der Waals surface area contributed by atoms with Gasteiger partial charge in [0, 0.05) is 17.8 Å². The monoisotopic (exact) mass is 393 g/mol. The first kappa shape index (κ1) is 20.5. The van der Waals surface area contributed by atoms with E-state index in [2.05, 4.69) is 0 Å². The van der Waals surface area contributed by atoms with Crippen LogP contribution in [-0.2, 0) is 20.9 Å². The molecule has 0 saturated carbocycles. The molecule has 0 spiro atoms. The molecule has 0 unspecified atom stereocenters. The van der Waals surface area contributed by atoms with Crippen molar-refractivity contribution in [2.24, 2.45) is 0 Å². The topological polar surface area (TPSA) is 83.9 Å². The highest BCUT2D eigenvalue weighted by Crippen LogP contribution is 2.37. The minimum atomic E-state index is -2.16. The Morgan fingerprint density at radius 1 is 1.03 bits per heavy atom. The number of rotatable bonds is 7. The van der Waals surface area contributed by atoms with Crippen molar-refractivity contribution < 1.29 is 24.2 Å². The average Bonchev–Trinajstić information content (AvgIpc) is 2.90. The normalized spacial score (nSPS) is 18.9. The number of allylic oxidation sites excluding steroid dienone is 1. The smallest absolute Gasteiger partial charge is 0.343 e. The Hall–Kier alpha value is -3.25. The minimum Gasteiger partial charge on any atom is -0.462 e. The Bertz CT molecular complexity index is 952. The van der Waals surface area contributed by atoms with Crippen LogP contribution in [0.3, 0.4) is 0 Å². The van der Waals surface area contributed by atoms with E-state index in [-0.39, 0.29) is 18.7 Å². The molecule has 0 fully saturated rings. The summed E-state index contributed by atoms with van der Waals surface area (Å²) >= 11 is 0. The van der Waals surface area contributed by atoms with Crippen molar-refractivity contribution in [1.82, 2.24) is 4.90 Å². The standard InChI is InChI=1S/C23H23NO5/c1-3-29-22(27)20-16(2)24(15-17-10-6-4-7-11-17)23(28,21(20)26)14-19(25)18-12-8-5-9-13-18/h4-13,28H,3,14-15H2,1-2H3/t23-/m0/s1. The van der Waals surface area contributed by atoms with Gasteiger partial charge in [0.1, 0.15) is 5.57 Å². The highest BCUT2D eigenvalue weighted by Gasteiger charge is 2.53. The van der Waals surface area contributed by atoms with Gasteiger partial charge in [-0.1, -0.05) is 60.7 Å². The van der Waals surface area contributed by atoms with Gasteiger partial charge < -0.3 is 14.7 Å². The molecule has 1 aliphatic heterocycles. The van der Waals surface area contributed by atoms with Crippen LogP contribution in [0.15, 0.2) is 71.9 Å². The second kappa shape index (κ2) is 8.41. The van der Waals surface area contributed by atoms with E-state index < -0.39 is 29.7 Å². The van der Waals surface area contributed by atoms with E-state index in [1.165, 1.54) is 4.90 Å². The van der Waals surface area contributed by atoms with Crippen LogP contribution in [0.5, 0.6) is 0 Å². The lowest BCUT2D eigenvalue weighted by molar-refractivity contribution is -0.151. The van der Waals surface area contributed by atoms with E-state index in [9.17, 15) is 19.5 Å². The number of carbonyl (C=O) groups excluding carboxylic acids is 3. The Labute approximate surface area is 169 Å². The molecule has 6 nitrogen and oxygen atoms in total. The molecule has 0 radical (unpaired) electrons. The third kappa shape index (κ3) is 3.98. The van der Waals surface area contributed by atoms with Crippen LogP contribution in [0.4, 0.5) is 0 Å². The molecule has 0 aliphatic carbocycles. The number of hydrogen-bond acceptors (Lipinski definition) is 6. The van der Waals surface area contributed by atoms with Crippen molar-refractivity contribution in [1.29, 1.82) is 0 Å². The molecular formula is C23H23NO5. The van der Waals surface area contributed by atoms with Crippen LogP contribution >= 0.6 is 0 Å². The molecule has 29 heavy (non-hydrogen) atoms. The second-order valence-corrected chi connectivity index (χ2v) is 6.86. The summed E-state index contributed by atoms with van der Waals surface area (Å²) in [5.41, 5.74) is -0.868. The van der Waals surface area contributed by atoms with E-state index in [0.29, 0.717) is 11.3 Å². The quantitative estimate of drug-likeness (QED) is 0.442. The predicted molar refractivity (Wildman–Crippen MR) is 107 cm³/mol. The number of benzene rings is 2. The number of carbonyl (C=O) groups is 3. The molecule has 1 atom stereocenters. The molecule has 2 aromatic carbocycles. The third-order valence-corrected chi connectivity index (χ3v) is 4.97. The summed E-state index contributed by atoms with van der Waals surface area (Å²) < 4.78 is 5.01. The van der Waals surface area contributed by atoms with Gasteiger partial charge in [-0.05, 0) is 19.4 Å². The third-order valence-electron chi connectivity index (χ3n) is 4.97. The Kier molecular flexibility index (Phi) is 5.94. The molecule has 0 bridgehead atoms. The number of ether oxygens (including phenoxy) is 1. The van der Waals surface area contributed by atoms with Gasteiger partial charge in [-0.3, -0.25) is 9.59 Å². The van der Waals surface area contributed by atoms with E-state index in [0.717, 1.165) is 5.56 Å². The van der Waals surface area contributed by atoms with Gasteiger partial charge in [0.25, 0.3) is 0 Å². The molecule has 3 rings (SSSR count). The van der Waals surface area contributed by atoms with Gasteiger partial charge in [-0.15, -0.1) is 0 Å². The molecule has 0 amide bonds. The SMILES string of the molecule is CCOC(=O)C1=C(C)N(Cc2ccccc2)[C@](O)(CC(=O)c2ccccc2)C1=O. The van der Waals surface area contributed by atoms with Crippen LogP contribution < -0.4 is 0 Å². The largest absolute Gasteiger partial charge is 0.462 e. The van der Waals surface area contributed by atoms with Gasteiger partial charge in [-0.2, -0.15) is 0 Å². The Morgan fingerprint density at radius 3 is 2.21 bits per heavy atom. The van der Waals surface area contributed by atoms with Crippen LogP contribution in [0, 0.1) is 0 Å². The highest BCUT2D eigenvalue weighted by atomic mass is 16.5. The van der Waals surface area contributed by atoms with Crippen LogP contribution in [0.2, 0.25) is 0 Å². The fourth-order valence-electron chi connectivity index (χ4n) is 3.48. The lowest BCUT2D eigenvalue weighted by Crippen LogP contribution is -2.50. The number of Topliss-reactive ketones (excluding diaryl/α,β-unsaturated/α-hetero) is 2. The summed E-state index contributed by atoms with van der Waals surface area (Å²) in [4.78, 5) is 39.7.